The zero-order valence-electron chi connectivity index (χ0n) is 14.1. The molecule has 2 atom stereocenters. The molecule has 2 unspecified atom stereocenters. The van der Waals surface area contributed by atoms with Gasteiger partial charge in [-0.05, 0) is 29.0 Å². The van der Waals surface area contributed by atoms with Crippen molar-refractivity contribution in [2.45, 2.75) is 31.5 Å². The van der Waals surface area contributed by atoms with Crippen molar-refractivity contribution in [2.75, 3.05) is 19.8 Å². The molecule has 2 aromatic rings. The van der Waals surface area contributed by atoms with Crippen LogP contribution in [0, 0.1) is 5.92 Å². The molecule has 4 rings (SSSR count). The molecule has 1 heterocycles. The maximum atomic E-state index is 9.99. The van der Waals surface area contributed by atoms with Crippen LogP contribution in [-0.2, 0) is 21.7 Å². The van der Waals surface area contributed by atoms with Gasteiger partial charge in [-0.1, -0.05) is 55.5 Å². The molecule has 24 heavy (non-hydrogen) atoms. The average molecular weight is 324 g/mol. The molecule has 126 valence electrons. The van der Waals surface area contributed by atoms with Gasteiger partial charge in [0.1, 0.15) is 0 Å². The van der Waals surface area contributed by atoms with Crippen molar-refractivity contribution in [3.63, 3.8) is 0 Å². The van der Waals surface area contributed by atoms with Crippen molar-refractivity contribution in [2.24, 2.45) is 5.92 Å². The molecule has 1 N–H and O–H groups in total. The number of hydrogen-bond acceptors (Lipinski definition) is 3. The summed E-state index contributed by atoms with van der Waals surface area (Å²) in [5, 5.41) is 9.99. The standard InChI is InChI=1S/C21H24O3/c1-2-21(23-11-12-24-21)19-10-6-5-9-18(19)20-16(14-22)13-15-7-3-4-8-17(15)20/h3-10,16,20,22H,2,11-14H2,1H3. The summed E-state index contributed by atoms with van der Waals surface area (Å²) in [5.41, 5.74) is 5.01. The molecule has 2 aliphatic rings. The van der Waals surface area contributed by atoms with Crippen LogP contribution in [0.15, 0.2) is 48.5 Å². The Morgan fingerprint density at radius 3 is 2.38 bits per heavy atom. The Balaban J connectivity index is 1.85. The number of aliphatic hydroxyl groups is 1. The minimum atomic E-state index is -0.645. The lowest BCUT2D eigenvalue weighted by Gasteiger charge is -2.32. The quantitative estimate of drug-likeness (QED) is 0.934. The normalized spacial score (nSPS) is 24.9. The molecule has 0 spiro atoms. The monoisotopic (exact) mass is 324 g/mol. The minimum Gasteiger partial charge on any atom is -0.396 e. The molecule has 1 aliphatic heterocycles. The average Bonchev–Trinajstić information content (AvgIpc) is 3.26. The number of hydrogen-bond donors (Lipinski definition) is 1. The van der Waals surface area contributed by atoms with Gasteiger partial charge in [0, 0.05) is 24.5 Å². The number of rotatable bonds is 4. The highest BCUT2D eigenvalue weighted by atomic mass is 16.7. The van der Waals surface area contributed by atoms with Gasteiger partial charge in [-0.2, -0.15) is 0 Å². The Kier molecular flexibility index (Phi) is 4.17. The van der Waals surface area contributed by atoms with Crippen molar-refractivity contribution in [3.8, 4) is 0 Å². The fourth-order valence-electron chi connectivity index (χ4n) is 4.39. The van der Waals surface area contributed by atoms with E-state index in [9.17, 15) is 5.11 Å². The minimum absolute atomic E-state index is 0.189. The summed E-state index contributed by atoms with van der Waals surface area (Å²) in [6.45, 7) is 3.56. The fraction of sp³-hybridized carbons (Fsp3) is 0.429. The van der Waals surface area contributed by atoms with Crippen LogP contribution in [0.4, 0.5) is 0 Å². The van der Waals surface area contributed by atoms with Gasteiger partial charge >= 0.3 is 0 Å². The van der Waals surface area contributed by atoms with Crippen LogP contribution in [-0.4, -0.2) is 24.9 Å². The first-order valence-electron chi connectivity index (χ1n) is 8.85. The molecule has 1 saturated heterocycles. The third-order valence-electron chi connectivity index (χ3n) is 5.50. The molecular formula is C21H24O3. The Bertz CT molecular complexity index is 719. The van der Waals surface area contributed by atoms with Gasteiger partial charge in [0.25, 0.3) is 0 Å². The molecule has 1 aliphatic carbocycles. The summed E-state index contributed by atoms with van der Waals surface area (Å²) < 4.78 is 12.1. The van der Waals surface area contributed by atoms with Crippen LogP contribution in [0.1, 0.15) is 41.5 Å². The zero-order valence-corrected chi connectivity index (χ0v) is 14.1. The van der Waals surface area contributed by atoms with E-state index in [0.29, 0.717) is 13.2 Å². The van der Waals surface area contributed by atoms with E-state index in [1.165, 1.54) is 16.7 Å². The van der Waals surface area contributed by atoms with Crippen LogP contribution >= 0.6 is 0 Å². The molecule has 0 radical (unpaired) electrons. The molecule has 3 nitrogen and oxygen atoms in total. The third-order valence-corrected chi connectivity index (χ3v) is 5.50. The third kappa shape index (κ3) is 2.39. The van der Waals surface area contributed by atoms with E-state index in [1.807, 2.05) is 0 Å². The van der Waals surface area contributed by atoms with Crippen LogP contribution in [0.3, 0.4) is 0 Å². The van der Waals surface area contributed by atoms with Gasteiger partial charge < -0.3 is 14.6 Å². The van der Waals surface area contributed by atoms with Gasteiger partial charge in [-0.15, -0.1) is 0 Å². The smallest absolute Gasteiger partial charge is 0.195 e. The van der Waals surface area contributed by atoms with Crippen LogP contribution in [0.5, 0.6) is 0 Å². The summed E-state index contributed by atoms with van der Waals surface area (Å²) in [4.78, 5) is 0. The predicted octanol–water partition coefficient (Wildman–Crippen LogP) is 3.59. The van der Waals surface area contributed by atoms with E-state index in [1.54, 1.807) is 0 Å². The van der Waals surface area contributed by atoms with E-state index in [-0.39, 0.29) is 18.4 Å². The van der Waals surface area contributed by atoms with Crippen LogP contribution < -0.4 is 0 Å². The fourth-order valence-corrected chi connectivity index (χ4v) is 4.39. The number of benzene rings is 2. The molecule has 2 aromatic carbocycles. The lowest BCUT2D eigenvalue weighted by molar-refractivity contribution is -0.168. The Hall–Kier alpha value is -1.68. The summed E-state index contributed by atoms with van der Waals surface area (Å²) in [6, 6.07) is 17.0. The van der Waals surface area contributed by atoms with Gasteiger partial charge in [0.05, 0.1) is 13.2 Å². The van der Waals surface area contributed by atoms with Gasteiger partial charge in [-0.25, -0.2) is 0 Å². The topological polar surface area (TPSA) is 38.7 Å². The Morgan fingerprint density at radius 2 is 1.67 bits per heavy atom. The largest absolute Gasteiger partial charge is 0.396 e. The number of aliphatic hydroxyl groups excluding tert-OH is 1. The highest BCUT2D eigenvalue weighted by Gasteiger charge is 2.42. The summed E-state index contributed by atoms with van der Waals surface area (Å²) >= 11 is 0. The van der Waals surface area contributed by atoms with E-state index in [4.69, 9.17) is 9.47 Å². The summed E-state index contributed by atoms with van der Waals surface area (Å²) in [7, 11) is 0. The second-order valence-electron chi connectivity index (χ2n) is 6.71. The molecule has 0 bridgehead atoms. The van der Waals surface area contributed by atoms with Gasteiger partial charge in [0.15, 0.2) is 5.79 Å². The SMILES string of the molecule is CCC1(c2ccccc2C2c3ccccc3CC2CO)OCCO1. The summed E-state index contributed by atoms with van der Waals surface area (Å²) in [5.74, 6) is -0.244. The van der Waals surface area contributed by atoms with E-state index in [0.717, 1.165) is 18.4 Å². The Labute approximate surface area is 143 Å². The molecule has 3 heteroatoms. The zero-order chi connectivity index (χ0) is 16.6. The van der Waals surface area contributed by atoms with Crippen molar-refractivity contribution in [3.05, 3.63) is 70.8 Å². The van der Waals surface area contributed by atoms with Gasteiger partial charge in [-0.3, -0.25) is 0 Å². The molecule has 0 amide bonds. The van der Waals surface area contributed by atoms with Crippen molar-refractivity contribution in [1.29, 1.82) is 0 Å². The highest BCUT2D eigenvalue weighted by molar-refractivity contribution is 5.47. The first-order chi connectivity index (χ1) is 11.8. The second-order valence-corrected chi connectivity index (χ2v) is 6.71. The number of ether oxygens (including phenoxy) is 2. The van der Waals surface area contributed by atoms with E-state index < -0.39 is 5.79 Å². The maximum Gasteiger partial charge on any atom is 0.195 e. The Morgan fingerprint density at radius 1 is 1.00 bits per heavy atom. The molecular weight excluding hydrogens is 300 g/mol. The van der Waals surface area contributed by atoms with Crippen molar-refractivity contribution >= 4 is 0 Å². The van der Waals surface area contributed by atoms with Gasteiger partial charge in [0.2, 0.25) is 0 Å². The van der Waals surface area contributed by atoms with Crippen LogP contribution in [0.25, 0.3) is 0 Å². The maximum absolute atomic E-state index is 9.99. The second kappa shape index (κ2) is 6.32. The van der Waals surface area contributed by atoms with E-state index in [2.05, 4.69) is 55.5 Å². The van der Waals surface area contributed by atoms with Crippen molar-refractivity contribution < 1.29 is 14.6 Å². The first-order valence-corrected chi connectivity index (χ1v) is 8.85. The predicted molar refractivity (Wildman–Crippen MR) is 92.9 cm³/mol. The lowest BCUT2D eigenvalue weighted by atomic mass is 9.81. The molecule has 0 saturated carbocycles. The van der Waals surface area contributed by atoms with Crippen LogP contribution in [0.2, 0.25) is 0 Å². The highest BCUT2D eigenvalue weighted by Crippen LogP contribution is 2.47. The summed E-state index contributed by atoms with van der Waals surface area (Å²) in [6.07, 6.45) is 1.70. The van der Waals surface area contributed by atoms with Crippen molar-refractivity contribution in [1.82, 2.24) is 0 Å². The lowest BCUT2D eigenvalue weighted by Crippen LogP contribution is -2.29. The molecule has 1 fully saturated rings. The number of fused-ring (bicyclic) bond motifs is 1. The first kappa shape index (κ1) is 15.8. The molecule has 0 aromatic heterocycles. The van der Waals surface area contributed by atoms with E-state index >= 15 is 0 Å².